The number of alkyl halides is 3. The van der Waals surface area contributed by atoms with Crippen LogP contribution in [0.25, 0.3) is 0 Å². The molecule has 7 nitrogen and oxygen atoms in total. The number of hydrogen-bond acceptors (Lipinski definition) is 4. The van der Waals surface area contributed by atoms with Gasteiger partial charge in [-0.05, 0) is 46.2 Å². The predicted molar refractivity (Wildman–Crippen MR) is 114 cm³/mol. The van der Waals surface area contributed by atoms with E-state index in [2.05, 4.69) is 15.6 Å². The van der Waals surface area contributed by atoms with Gasteiger partial charge < -0.3 is 10.1 Å². The highest BCUT2D eigenvalue weighted by Crippen LogP contribution is 2.44. The Morgan fingerprint density at radius 3 is 2.38 bits per heavy atom. The average molecular weight is 450 g/mol. The second kappa shape index (κ2) is 8.33. The third-order valence-electron chi connectivity index (χ3n) is 4.80. The largest absolute Gasteiger partial charge is 0.463 e. The molecule has 172 valence electrons. The van der Waals surface area contributed by atoms with Gasteiger partial charge in [0.05, 0.1) is 6.04 Å². The first-order chi connectivity index (χ1) is 14.8. The molecule has 2 atom stereocenters. The van der Waals surface area contributed by atoms with Gasteiger partial charge in [-0.1, -0.05) is 30.3 Å². The van der Waals surface area contributed by atoms with Gasteiger partial charge in [0.1, 0.15) is 11.3 Å². The van der Waals surface area contributed by atoms with E-state index in [0.29, 0.717) is 0 Å². The second-order valence-corrected chi connectivity index (χ2v) is 8.59. The predicted octanol–water partition coefficient (Wildman–Crippen LogP) is 4.90. The van der Waals surface area contributed by atoms with E-state index in [-0.39, 0.29) is 11.6 Å². The third-order valence-corrected chi connectivity index (χ3v) is 4.80. The van der Waals surface area contributed by atoms with Gasteiger partial charge in [-0.3, -0.25) is 15.0 Å². The van der Waals surface area contributed by atoms with Crippen LogP contribution in [0.5, 0.6) is 5.88 Å². The first-order valence-electron chi connectivity index (χ1n) is 10.0. The van der Waals surface area contributed by atoms with Crippen LogP contribution in [0.15, 0.2) is 36.4 Å². The van der Waals surface area contributed by atoms with Crippen LogP contribution in [0.4, 0.5) is 29.5 Å². The summed E-state index contributed by atoms with van der Waals surface area (Å²) in [5.74, 6) is -1.36. The van der Waals surface area contributed by atoms with Crippen LogP contribution < -0.4 is 20.3 Å². The summed E-state index contributed by atoms with van der Waals surface area (Å²) in [5, 5.41) is 4.69. The minimum absolute atomic E-state index is 0.112. The van der Waals surface area contributed by atoms with E-state index in [1.807, 2.05) is 0 Å². The molecule has 0 bridgehead atoms. The fourth-order valence-electron chi connectivity index (χ4n) is 3.35. The van der Waals surface area contributed by atoms with Crippen LogP contribution in [0.1, 0.15) is 51.8 Å². The Kier molecular flexibility index (Phi) is 6.08. The van der Waals surface area contributed by atoms with Gasteiger partial charge in [0.2, 0.25) is 5.88 Å². The van der Waals surface area contributed by atoms with Crippen LogP contribution in [0.3, 0.4) is 0 Å². The molecule has 1 aliphatic rings. The Morgan fingerprint density at radius 2 is 1.81 bits per heavy atom. The first-order valence-corrected chi connectivity index (χ1v) is 10.0. The zero-order valence-corrected chi connectivity index (χ0v) is 18.4. The molecular weight excluding hydrogens is 425 g/mol. The molecule has 10 heteroatoms. The van der Waals surface area contributed by atoms with Gasteiger partial charge in [0.25, 0.3) is 5.91 Å². The van der Waals surface area contributed by atoms with Crippen molar-refractivity contribution in [2.75, 3.05) is 10.2 Å². The summed E-state index contributed by atoms with van der Waals surface area (Å²) in [6.45, 7) is 8.28. The van der Waals surface area contributed by atoms with Crippen LogP contribution in [0.2, 0.25) is 0 Å². The molecule has 0 spiro atoms. The highest BCUT2D eigenvalue weighted by atomic mass is 19.4. The maximum Gasteiger partial charge on any atom is 0.420 e. The van der Waals surface area contributed by atoms with E-state index in [9.17, 15) is 22.8 Å². The molecule has 0 saturated heterocycles. The number of carbonyl (C=O) groups is 2. The maximum absolute atomic E-state index is 13.9. The number of urea groups is 1. The lowest BCUT2D eigenvalue weighted by atomic mass is 10.0. The number of nitrogens with one attached hydrogen (secondary N) is 2. The van der Waals surface area contributed by atoms with Crippen LogP contribution in [-0.2, 0) is 11.0 Å². The van der Waals surface area contributed by atoms with Gasteiger partial charge in [0.15, 0.2) is 11.9 Å². The van der Waals surface area contributed by atoms with Gasteiger partial charge >= 0.3 is 12.2 Å². The van der Waals surface area contributed by atoms with Crippen LogP contribution in [-0.4, -0.2) is 28.6 Å². The van der Waals surface area contributed by atoms with Gasteiger partial charge in [-0.25, -0.2) is 4.79 Å². The van der Waals surface area contributed by atoms with Gasteiger partial charge in [-0.2, -0.15) is 18.2 Å². The maximum atomic E-state index is 13.9. The van der Waals surface area contributed by atoms with E-state index >= 15 is 0 Å². The Labute approximate surface area is 184 Å². The molecule has 2 heterocycles. The summed E-state index contributed by atoms with van der Waals surface area (Å²) in [6.07, 6.45) is -5.80. The highest BCUT2D eigenvalue weighted by Gasteiger charge is 2.42. The molecule has 0 unspecified atom stereocenters. The number of ether oxygens (including phenoxy) is 1. The lowest BCUT2D eigenvalue weighted by Gasteiger charge is -2.37. The number of halogens is 3. The number of fused-ring (bicyclic) bond motifs is 1. The number of hydrogen-bond donors (Lipinski definition) is 2. The van der Waals surface area contributed by atoms with Crippen molar-refractivity contribution in [2.24, 2.45) is 0 Å². The van der Waals surface area contributed by atoms with Crippen LogP contribution in [0, 0.1) is 0 Å². The summed E-state index contributed by atoms with van der Waals surface area (Å²) in [7, 11) is 0. The quantitative estimate of drug-likeness (QED) is 0.697. The highest BCUT2D eigenvalue weighted by molar-refractivity contribution is 6.00. The van der Waals surface area contributed by atoms with E-state index in [1.54, 1.807) is 58.0 Å². The molecule has 0 radical (unpaired) electrons. The Morgan fingerprint density at radius 1 is 1.19 bits per heavy atom. The molecule has 1 aromatic heterocycles. The molecular formula is C22H25F3N4O3. The molecule has 0 saturated carbocycles. The Hall–Kier alpha value is -3.30. The number of anilines is 2. The number of benzene rings is 1. The van der Waals surface area contributed by atoms with Crippen molar-refractivity contribution < 1.29 is 27.5 Å². The summed E-state index contributed by atoms with van der Waals surface area (Å²) in [4.78, 5) is 30.3. The topological polar surface area (TPSA) is 83.6 Å². The van der Waals surface area contributed by atoms with Crippen LogP contribution >= 0.6 is 0 Å². The number of carbonyl (C=O) groups excluding carboxylic acids is 2. The fraction of sp³-hybridized carbons (Fsp3) is 0.409. The summed E-state index contributed by atoms with van der Waals surface area (Å²) in [5.41, 5.74) is -1.23. The second-order valence-electron chi connectivity index (χ2n) is 8.59. The molecule has 3 amide bonds. The molecule has 2 N–H and O–H groups in total. The molecule has 32 heavy (non-hydrogen) atoms. The Balaban J connectivity index is 2.10. The minimum Gasteiger partial charge on any atom is -0.463 e. The summed E-state index contributed by atoms with van der Waals surface area (Å²) >= 11 is 0. The first kappa shape index (κ1) is 23.4. The lowest BCUT2D eigenvalue weighted by Crippen LogP contribution is -2.46. The van der Waals surface area contributed by atoms with Crippen molar-refractivity contribution in [2.45, 2.75) is 58.5 Å². The number of aromatic nitrogens is 1. The normalized spacial score (nSPS) is 17.3. The van der Waals surface area contributed by atoms with Crippen molar-refractivity contribution in [1.82, 2.24) is 10.3 Å². The molecule has 1 aliphatic heterocycles. The summed E-state index contributed by atoms with van der Waals surface area (Å²) in [6, 6.07) is 8.30. The number of amides is 3. The minimum atomic E-state index is -4.83. The van der Waals surface area contributed by atoms with E-state index in [4.69, 9.17) is 4.74 Å². The third kappa shape index (κ3) is 4.95. The number of rotatable bonds is 3. The van der Waals surface area contributed by atoms with Crippen molar-refractivity contribution >= 4 is 23.4 Å². The average Bonchev–Trinajstić information content (AvgIpc) is 2.66. The molecule has 2 aromatic rings. The van der Waals surface area contributed by atoms with Crippen molar-refractivity contribution in [3.63, 3.8) is 0 Å². The zero-order valence-electron chi connectivity index (χ0n) is 18.4. The standard InChI is InChI=1S/C22H25F3N4O3/c1-12(14-9-7-6-8-10-14)29-16-11-15(22(23,24)25)17(27-20(31)28-21(3,4)5)26-18(16)32-13(2)19(29)30/h6-13H,1-5H3,(H2,26,27,28,31)/t12-,13+/m0/s1. The molecule has 0 aliphatic carbocycles. The van der Waals surface area contributed by atoms with E-state index in [0.717, 1.165) is 11.6 Å². The SMILES string of the molecule is C[C@H]1Oc2nc(NC(=O)NC(C)(C)C)c(C(F)(F)F)cc2N([C@@H](C)c2ccccc2)C1=O. The van der Waals surface area contributed by atoms with Crippen molar-refractivity contribution in [3.8, 4) is 5.88 Å². The lowest BCUT2D eigenvalue weighted by molar-refractivity contribution is -0.137. The number of nitrogens with zero attached hydrogens (tertiary/aromatic N) is 2. The van der Waals surface area contributed by atoms with Crippen molar-refractivity contribution in [1.29, 1.82) is 0 Å². The smallest absolute Gasteiger partial charge is 0.420 e. The van der Waals surface area contributed by atoms with Crippen molar-refractivity contribution in [3.05, 3.63) is 47.5 Å². The molecule has 3 rings (SSSR count). The number of pyridine rings is 1. The monoisotopic (exact) mass is 450 g/mol. The molecule has 1 aromatic carbocycles. The molecule has 0 fully saturated rings. The Bertz CT molecular complexity index is 1020. The van der Waals surface area contributed by atoms with Gasteiger partial charge in [0, 0.05) is 5.54 Å². The zero-order chi connectivity index (χ0) is 23.8. The van der Waals surface area contributed by atoms with Gasteiger partial charge in [-0.15, -0.1) is 0 Å². The fourth-order valence-corrected chi connectivity index (χ4v) is 3.35. The van der Waals surface area contributed by atoms with E-state index in [1.165, 1.54) is 11.8 Å². The van der Waals surface area contributed by atoms with E-state index < -0.39 is 47.2 Å². The summed E-state index contributed by atoms with van der Waals surface area (Å²) < 4.78 is 47.1.